The number of nitrogens with zero attached hydrogens (tertiary/aromatic N) is 3. The van der Waals surface area contributed by atoms with Crippen LogP contribution in [0.3, 0.4) is 0 Å². The van der Waals surface area contributed by atoms with Gasteiger partial charge in [-0.1, -0.05) is 133 Å². The summed E-state index contributed by atoms with van der Waals surface area (Å²) in [5, 5.41) is 19.6. The average molecular weight is 548 g/mol. The molecular formula is C40H25N3. The van der Waals surface area contributed by atoms with E-state index in [-0.39, 0.29) is 0 Å². The molecule has 0 fully saturated rings. The van der Waals surface area contributed by atoms with Crippen molar-refractivity contribution in [3.05, 3.63) is 152 Å². The third kappa shape index (κ3) is 3.75. The van der Waals surface area contributed by atoms with Crippen molar-refractivity contribution in [1.29, 1.82) is 0 Å². The molecule has 8 aromatic carbocycles. The first-order valence-electron chi connectivity index (χ1n) is 14.6. The number of rotatable bonds is 4. The minimum Gasteiger partial charge on any atom is -0.274 e. The molecule has 0 radical (unpaired) electrons. The minimum absolute atomic E-state index is 0.817. The van der Waals surface area contributed by atoms with Gasteiger partial charge in [-0.3, -0.25) is 4.57 Å². The van der Waals surface area contributed by atoms with E-state index in [4.69, 9.17) is 10.2 Å². The zero-order valence-corrected chi connectivity index (χ0v) is 23.3. The molecule has 43 heavy (non-hydrogen) atoms. The number of benzene rings is 8. The molecule has 0 unspecified atom stereocenters. The Kier molecular flexibility index (Phi) is 5.20. The Morgan fingerprint density at radius 1 is 0.349 bits per heavy atom. The highest BCUT2D eigenvalue weighted by Crippen LogP contribution is 2.38. The Hall–Kier alpha value is -5.80. The summed E-state index contributed by atoms with van der Waals surface area (Å²) in [6.07, 6.45) is 0. The van der Waals surface area contributed by atoms with Crippen LogP contribution in [0.5, 0.6) is 0 Å². The van der Waals surface area contributed by atoms with Crippen LogP contribution in [-0.2, 0) is 0 Å². The van der Waals surface area contributed by atoms with E-state index in [9.17, 15) is 0 Å². The lowest BCUT2D eigenvalue weighted by atomic mass is 9.91. The summed E-state index contributed by atoms with van der Waals surface area (Å²) in [6, 6.07) is 54.1. The maximum Gasteiger partial charge on any atom is 0.168 e. The highest BCUT2D eigenvalue weighted by atomic mass is 15.3. The van der Waals surface area contributed by atoms with Gasteiger partial charge in [0.15, 0.2) is 11.6 Å². The maximum atomic E-state index is 4.76. The van der Waals surface area contributed by atoms with E-state index in [1.165, 1.54) is 48.8 Å². The van der Waals surface area contributed by atoms with Gasteiger partial charge in [0.2, 0.25) is 0 Å². The lowest BCUT2D eigenvalue weighted by molar-refractivity contribution is 1.08. The highest BCUT2D eigenvalue weighted by Gasteiger charge is 2.19. The fourth-order valence-corrected chi connectivity index (χ4v) is 6.61. The summed E-state index contributed by atoms with van der Waals surface area (Å²) in [4.78, 5) is 0. The average Bonchev–Trinajstić information content (AvgIpc) is 3.52. The zero-order valence-electron chi connectivity index (χ0n) is 23.3. The van der Waals surface area contributed by atoms with Crippen molar-refractivity contribution in [2.24, 2.45) is 0 Å². The molecule has 0 amide bonds. The van der Waals surface area contributed by atoms with Crippen molar-refractivity contribution in [3.8, 4) is 39.6 Å². The predicted octanol–water partition coefficient (Wildman–Crippen LogP) is 10.3. The molecule has 0 aliphatic heterocycles. The van der Waals surface area contributed by atoms with Crippen LogP contribution in [0.2, 0.25) is 0 Å². The molecule has 0 saturated heterocycles. The lowest BCUT2D eigenvalue weighted by Gasteiger charge is -2.14. The predicted molar refractivity (Wildman–Crippen MR) is 179 cm³/mol. The van der Waals surface area contributed by atoms with Gasteiger partial charge < -0.3 is 0 Å². The summed E-state index contributed by atoms with van der Waals surface area (Å²) >= 11 is 0. The van der Waals surface area contributed by atoms with Crippen LogP contribution in [0, 0.1) is 0 Å². The minimum atomic E-state index is 0.817. The van der Waals surface area contributed by atoms with E-state index in [0.29, 0.717) is 0 Å². The van der Waals surface area contributed by atoms with Gasteiger partial charge in [0.1, 0.15) is 0 Å². The Labute approximate surface area is 248 Å². The normalized spacial score (nSPS) is 11.7. The van der Waals surface area contributed by atoms with Crippen LogP contribution >= 0.6 is 0 Å². The number of hydrogen-bond donors (Lipinski definition) is 0. The maximum absolute atomic E-state index is 4.76. The molecule has 3 heteroatoms. The molecule has 0 bridgehead atoms. The fraction of sp³-hybridized carbons (Fsp3) is 0. The molecule has 0 spiro atoms. The molecule has 1 aromatic heterocycles. The van der Waals surface area contributed by atoms with E-state index in [1.807, 2.05) is 18.2 Å². The first kappa shape index (κ1) is 23.9. The molecule has 0 atom stereocenters. The van der Waals surface area contributed by atoms with Crippen molar-refractivity contribution < 1.29 is 0 Å². The summed E-state index contributed by atoms with van der Waals surface area (Å²) in [7, 11) is 0. The highest BCUT2D eigenvalue weighted by molar-refractivity contribution is 6.23. The lowest BCUT2D eigenvalue weighted by Crippen LogP contribution is -2.01. The summed E-state index contributed by atoms with van der Waals surface area (Å²) in [5.41, 5.74) is 5.49. The van der Waals surface area contributed by atoms with Crippen molar-refractivity contribution in [1.82, 2.24) is 14.8 Å². The first-order chi connectivity index (χ1) is 21.3. The van der Waals surface area contributed by atoms with E-state index in [2.05, 4.69) is 138 Å². The van der Waals surface area contributed by atoms with E-state index < -0.39 is 0 Å². The van der Waals surface area contributed by atoms with Crippen molar-refractivity contribution in [3.63, 3.8) is 0 Å². The van der Waals surface area contributed by atoms with Gasteiger partial charge in [0.25, 0.3) is 0 Å². The number of fused-ring (bicyclic) bond motifs is 1. The van der Waals surface area contributed by atoms with Crippen LogP contribution in [-0.4, -0.2) is 14.8 Å². The molecule has 0 aliphatic carbocycles. The van der Waals surface area contributed by atoms with Crippen LogP contribution < -0.4 is 0 Å². The summed E-state index contributed by atoms with van der Waals surface area (Å²) in [6.45, 7) is 0. The Morgan fingerprint density at radius 3 is 1.58 bits per heavy atom. The second-order valence-corrected chi connectivity index (χ2v) is 11.1. The molecule has 0 saturated carbocycles. The van der Waals surface area contributed by atoms with Gasteiger partial charge in [-0.2, -0.15) is 0 Å². The van der Waals surface area contributed by atoms with E-state index >= 15 is 0 Å². The van der Waals surface area contributed by atoms with Gasteiger partial charge >= 0.3 is 0 Å². The Balaban J connectivity index is 1.19. The summed E-state index contributed by atoms with van der Waals surface area (Å²) < 4.78 is 2.19. The second kappa shape index (κ2) is 9.37. The zero-order chi connectivity index (χ0) is 28.3. The van der Waals surface area contributed by atoms with Gasteiger partial charge in [0, 0.05) is 16.5 Å². The first-order valence-corrected chi connectivity index (χ1v) is 14.6. The van der Waals surface area contributed by atoms with Crippen molar-refractivity contribution in [2.45, 2.75) is 0 Å². The van der Waals surface area contributed by atoms with Gasteiger partial charge in [-0.05, 0) is 67.0 Å². The number of aromatic nitrogens is 3. The standard InChI is InChI=1S/C40H25N3/c1-2-9-30(10-3-1)39-41-42-40(43(39)36-15-7-11-27-8-4-5-14-35(27)36)31-20-16-26(17-21-31)34-24-32-22-18-28-12-6-13-29-19-23-33(25-34)38(32)37(28)29/h1-25H. The van der Waals surface area contributed by atoms with Crippen LogP contribution in [0.1, 0.15) is 0 Å². The Bertz CT molecular complexity index is 2370. The van der Waals surface area contributed by atoms with Crippen LogP contribution in [0.25, 0.3) is 82.7 Å². The third-order valence-electron chi connectivity index (χ3n) is 8.64. The van der Waals surface area contributed by atoms with Crippen molar-refractivity contribution >= 4 is 43.1 Å². The molecule has 1 heterocycles. The van der Waals surface area contributed by atoms with Gasteiger partial charge in [0.05, 0.1) is 5.69 Å². The molecule has 9 aromatic rings. The molecule has 9 rings (SSSR count). The third-order valence-corrected chi connectivity index (χ3v) is 8.64. The van der Waals surface area contributed by atoms with Gasteiger partial charge in [-0.15, -0.1) is 10.2 Å². The largest absolute Gasteiger partial charge is 0.274 e. The second-order valence-electron chi connectivity index (χ2n) is 11.1. The molecule has 0 N–H and O–H groups in total. The molecule has 0 aliphatic rings. The topological polar surface area (TPSA) is 30.7 Å². The van der Waals surface area contributed by atoms with Gasteiger partial charge in [-0.25, -0.2) is 0 Å². The Morgan fingerprint density at radius 2 is 0.860 bits per heavy atom. The molecular weight excluding hydrogens is 522 g/mol. The van der Waals surface area contributed by atoms with E-state index in [0.717, 1.165) is 33.8 Å². The fourth-order valence-electron chi connectivity index (χ4n) is 6.61. The van der Waals surface area contributed by atoms with E-state index in [1.54, 1.807) is 0 Å². The van der Waals surface area contributed by atoms with Crippen molar-refractivity contribution in [2.75, 3.05) is 0 Å². The monoisotopic (exact) mass is 547 g/mol. The number of hydrogen-bond acceptors (Lipinski definition) is 2. The SMILES string of the molecule is c1ccc(-c2nnc(-c3ccc(-c4cc5ccc6cccc7ccc(c4)c5c67)cc3)n2-c2cccc3ccccc23)cc1. The smallest absolute Gasteiger partial charge is 0.168 e. The van der Waals surface area contributed by atoms with Crippen LogP contribution in [0.4, 0.5) is 0 Å². The molecule has 3 nitrogen and oxygen atoms in total. The summed E-state index contributed by atoms with van der Waals surface area (Å²) in [5.74, 6) is 1.64. The molecule has 200 valence electrons. The quantitative estimate of drug-likeness (QED) is 0.205. The van der Waals surface area contributed by atoms with Crippen LogP contribution in [0.15, 0.2) is 152 Å².